The molecule has 3 N–H and O–H groups in total. The van der Waals surface area contributed by atoms with Gasteiger partial charge in [0.2, 0.25) is 11.8 Å². The fourth-order valence-corrected chi connectivity index (χ4v) is 2.08. The minimum absolute atomic E-state index is 0.00692. The highest BCUT2D eigenvalue weighted by Crippen LogP contribution is 2.23. The predicted octanol–water partition coefficient (Wildman–Crippen LogP) is 0.776. The van der Waals surface area contributed by atoms with Crippen LogP contribution in [0.2, 0.25) is 0 Å². The molecule has 0 bridgehead atoms. The summed E-state index contributed by atoms with van der Waals surface area (Å²) in [7, 11) is 0. The van der Waals surface area contributed by atoms with Gasteiger partial charge in [0.25, 0.3) is 0 Å². The van der Waals surface area contributed by atoms with Crippen LogP contribution in [0.25, 0.3) is 0 Å². The maximum atomic E-state index is 11.2. The Kier molecular flexibility index (Phi) is 4.88. The molecule has 0 aromatic rings. The zero-order chi connectivity index (χ0) is 11.3. The number of carbonyl (C=O) groups excluding carboxylic acids is 2. The van der Waals surface area contributed by atoms with Crippen LogP contribution in [-0.4, -0.2) is 23.7 Å². The molecule has 0 unspecified atom stereocenters. The molecule has 1 aliphatic rings. The Morgan fingerprint density at radius 3 is 2.33 bits per heavy atom. The van der Waals surface area contributed by atoms with Crippen molar-refractivity contribution in [1.82, 2.24) is 5.32 Å². The lowest BCUT2D eigenvalue weighted by molar-refractivity contribution is -0.123. The van der Waals surface area contributed by atoms with Crippen molar-refractivity contribution in [3.8, 4) is 0 Å². The quantitative estimate of drug-likeness (QED) is 0.703. The molecule has 86 valence electrons. The van der Waals surface area contributed by atoms with Gasteiger partial charge in [-0.2, -0.15) is 0 Å². The van der Waals surface area contributed by atoms with Crippen LogP contribution >= 0.6 is 11.6 Å². The highest BCUT2D eigenvalue weighted by Gasteiger charge is 2.25. The molecular formula is C10H17ClN2O2. The van der Waals surface area contributed by atoms with E-state index in [-0.39, 0.29) is 23.8 Å². The number of alkyl halides is 1. The minimum atomic E-state index is -0.222. The van der Waals surface area contributed by atoms with E-state index < -0.39 is 0 Å². The van der Waals surface area contributed by atoms with Crippen molar-refractivity contribution >= 4 is 23.4 Å². The Bertz CT molecular complexity index is 238. The molecule has 1 saturated carbocycles. The number of nitrogens with one attached hydrogen (secondary N) is 1. The lowest BCUT2D eigenvalue weighted by atomic mass is 9.85. The molecule has 0 radical (unpaired) electrons. The Morgan fingerprint density at radius 1 is 1.27 bits per heavy atom. The molecule has 1 rings (SSSR count). The highest BCUT2D eigenvalue weighted by molar-refractivity contribution is 6.18. The molecule has 1 aliphatic carbocycles. The molecule has 0 spiro atoms. The first-order valence-corrected chi connectivity index (χ1v) is 5.81. The summed E-state index contributed by atoms with van der Waals surface area (Å²) in [5.74, 6) is 0.113. The number of primary amides is 1. The number of rotatable bonds is 4. The third-order valence-electron chi connectivity index (χ3n) is 2.82. The zero-order valence-corrected chi connectivity index (χ0v) is 9.43. The van der Waals surface area contributed by atoms with E-state index in [9.17, 15) is 9.59 Å². The van der Waals surface area contributed by atoms with Gasteiger partial charge in [-0.15, -0.1) is 11.6 Å². The average Bonchev–Trinajstić information content (AvgIpc) is 2.18. The Balaban J connectivity index is 2.25. The number of hydrogen-bond donors (Lipinski definition) is 2. The SMILES string of the molecule is NC(=O)C1CCC(NC(=O)CCCl)CC1. The monoisotopic (exact) mass is 232 g/mol. The van der Waals surface area contributed by atoms with E-state index in [1.807, 2.05) is 0 Å². The van der Waals surface area contributed by atoms with Gasteiger partial charge in [-0.3, -0.25) is 9.59 Å². The second kappa shape index (κ2) is 5.95. The Labute approximate surface area is 94.5 Å². The molecule has 0 heterocycles. The molecule has 4 nitrogen and oxygen atoms in total. The van der Waals surface area contributed by atoms with E-state index in [0.29, 0.717) is 12.3 Å². The first-order valence-electron chi connectivity index (χ1n) is 5.28. The van der Waals surface area contributed by atoms with E-state index in [0.717, 1.165) is 25.7 Å². The number of halogens is 1. The molecular weight excluding hydrogens is 216 g/mol. The predicted molar refractivity (Wildman–Crippen MR) is 58.4 cm³/mol. The first kappa shape index (κ1) is 12.3. The van der Waals surface area contributed by atoms with Crippen LogP contribution in [0.4, 0.5) is 0 Å². The van der Waals surface area contributed by atoms with Crippen molar-refractivity contribution in [3.63, 3.8) is 0 Å². The Morgan fingerprint density at radius 2 is 1.87 bits per heavy atom. The van der Waals surface area contributed by atoms with Crippen LogP contribution in [0.1, 0.15) is 32.1 Å². The summed E-state index contributed by atoms with van der Waals surface area (Å²) in [6, 6.07) is 0.191. The van der Waals surface area contributed by atoms with Gasteiger partial charge in [0, 0.05) is 24.3 Å². The lowest BCUT2D eigenvalue weighted by Crippen LogP contribution is -2.39. The van der Waals surface area contributed by atoms with E-state index in [1.165, 1.54) is 0 Å². The van der Waals surface area contributed by atoms with Crippen molar-refractivity contribution in [2.45, 2.75) is 38.1 Å². The molecule has 0 saturated heterocycles. The number of amides is 2. The summed E-state index contributed by atoms with van der Waals surface area (Å²) in [5.41, 5.74) is 5.22. The van der Waals surface area contributed by atoms with Gasteiger partial charge in [-0.1, -0.05) is 0 Å². The van der Waals surface area contributed by atoms with Gasteiger partial charge in [0.1, 0.15) is 0 Å². The van der Waals surface area contributed by atoms with Crippen LogP contribution in [0.5, 0.6) is 0 Å². The largest absolute Gasteiger partial charge is 0.369 e. The van der Waals surface area contributed by atoms with Crippen molar-refractivity contribution in [2.24, 2.45) is 11.7 Å². The third-order valence-corrected chi connectivity index (χ3v) is 3.01. The molecule has 1 fully saturated rings. The third kappa shape index (κ3) is 4.08. The topological polar surface area (TPSA) is 72.2 Å². The summed E-state index contributed by atoms with van der Waals surface area (Å²) in [6.45, 7) is 0. The van der Waals surface area contributed by atoms with E-state index in [1.54, 1.807) is 0 Å². The summed E-state index contributed by atoms with van der Waals surface area (Å²) in [4.78, 5) is 22.1. The normalized spacial score (nSPS) is 25.9. The maximum absolute atomic E-state index is 11.2. The number of nitrogens with two attached hydrogens (primary N) is 1. The Hall–Kier alpha value is -0.770. The van der Waals surface area contributed by atoms with Crippen LogP contribution in [0, 0.1) is 5.92 Å². The molecule has 2 amide bonds. The molecule has 0 aromatic carbocycles. The van der Waals surface area contributed by atoms with Crippen LogP contribution in [0.15, 0.2) is 0 Å². The van der Waals surface area contributed by atoms with Crippen molar-refractivity contribution in [1.29, 1.82) is 0 Å². The summed E-state index contributed by atoms with van der Waals surface area (Å²) in [5, 5.41) is 2.90. The number of hydrogen-bond acceptors (Lipinski definition) is 2. The minimum Gasteiger partial charge on any atom is -0.369 e. The van der Waals surface area contributed by atoms with Crippen molar-refractivity contribution in [3.05, 3.63) is 0 Å². The van der Waals surface area contributed by atoms with E-state index in [2.05, 4.69) is 5.32 Å². The average molecular weight is 233 g/mol. The summed E-state index contributed by atoms with van der Waals surface area (Å²) >= 11 is 5.46. The fourth-order valence-electron chi connectivity index (χ4n) is 1.91. The van der Waals surface area contributed by atoms with Gasteiger partial charge in [-0.25, -0.2) is 0 Å². The first-order chi connectivity index (χ1) is 7.13. The van der Waals surface area contributed by atoms with Gasteiger partial charge in [0.05, 0.1) is 0 Å². The molecule has 0 aromatic heterocycles. The van der Waals surface area contributed by atoms with Gasteiger partial charge in [-0.05, 0) is 25.7 Å². The van der Waals surface area contributed by atoms with E-state index in [4.69, 9.17) is 17.3 Å². The van der Waals surface area contributed by atoms with Crippen LogP contribution in [-0.2, 0) is 9.59 Å². The standard InChI is InChI=1S/C10H17ClN2O2/c11-6-5-9(14)13-8-3-1-7(2-4-8)10(12)15/h7-8H,1-6H2,(H2,12,15)(H,13,14). The summed E-state index contributed by atoms with van der Waals surface area (Å²) < 4.78 is 0. The van der Waals surface area contributed by atoms with Gasteiger partial charge >= 0.3 is 0 Å². The zero-order valence-electron chi connectivity index (χ0n) is 8.67. The van der Waals surface area contributed by atoms with Crippen LogP contribution in [0.3, 0.4) is 0 Å². The highest BCUT2D eigenvalue weighted by atomic mass is 35.5. The smallest absolute Gasteiger partial charge is 0.221 e. The molecule has 15 heavy (non-hydrogen) atoms. The fraction of sp³-hybridized carbons (Fsp3) is 0.800. The van der Waals surface area contributed by atoms with Crippen molar-refractivity contribution in [2.75, 3.05) is 5.88 Å². The second-order valence-electron chi connectivity index (χ2n) is 3.96. The maximum Gasteiger partial charge on any atom is 0.221 e. The summed E-state index contributed by atoms with van der Waals surface area (Å²) in [6.07, 6.45) is 3.59. The molecule has 0 aliphatic heterocycles. The van der Waals surface area contributed by atoms with Crippen molar-refractivity contribution < 1.29 is 9.59 Å². The van der Waals surface area contributed by atoms with Crippen LogP contribution < -0.4 is 11.1 Å². The van der Waals surface area contributed by atoms with Gasteiger partial charge in [0.15, 0.2) is 0 Å². The van der Waals surface area contributed by atoms with Gasteiger partial charge < -0.3 is 11.1 Å². The van der Waals surface area contributed by atoms with E-state index >= 15 is 0 Å². The lowest BCUT2D eigenvalue weighted by Gasteiger charge is -2.27. The second-order valence-corrected chi connectivity index (χ2v) is 4.34. The molecule has 5 heteroatoms. The number of carbonyl (C=O) groups is 2. The molecule has 0 atom stereocenters.